The van der Waals surface area contributed by atoms with Crippen molar-refractivity contribution in [2.75, 3.05) is 31.2 Å². The quantitative estimate of drug-likeness (QED) is 0.542. The molecule has 0 amide bonds. The number of hydrogen-bond acceptors (Lipinski definition) is 4. The standard InChI is InChI=1S/C7H13NO3S/c9-12(10)4-1-7(6-12)5-8-2-3-11-7/h8H,1-6H2. The Morgan fingerprint density at radius 2 is 2.25 bits per heavy atom. The van der Waals surface area contributed by atoms with E-state index in [1.807, 2.05) is 0 Å². The van der Waals surface area contributed by atoms with Gasteiger partial charge < -0.3 is 10.1 Å². The van der Waals surface area contributed by atoms with E-state index in [1.54, 1.807) is 0 Å². The fourth-order valence-electron chi connectivity index (χ4n) is 1.85. The van der Waals surface area contributed by atoms with Crippen molar-refractivity contribution in [2.24, 2.45) is 0 Å². The lowest BCUT2D eigenvalue weighted by molar-refractivity contribution is -0.0465. The second-order valence-electron chi connectivity index (χ2n) is 3.55. The molecule has 1 N–H and O–H groups in total. The second kappa shape index (κ2) is 2.68. The van der Waals surface area contributed by atoms with Gasteiger partial charge in [0.1, 0.15) is 0 Å². The molecule has 0 aliphatic carbocycles. The predicted octanol–water partition coefficient (Wildman–Crippen LogP) is -0.836. The number of sulfone groups is 1. The van der Waals surface area contributed by atoms with Crippen molar-refractivity contribution in [2.45, 2.75) is 12.0 Å². The van der Waals surface area contributed by atoms with Gasteiger partial charge in [-0.25, -0.2) is 8.42 Å². The molecule has 0 saturated carbocycles. The van der Waals surface area contributed by atoms with E-state index in [0.717, 1.165) is 6.54 Å². The summed E-state index contributed by atoms with van der Waals surface area (Å²) in [4.78, 5) is 0. The lowest BCUT2D eigenvalue weighted by Gasteiger charge is -2.32. The Kier molecular flexibility index (Phi) is 1.89. The molecule has 0 aromatic carbocycles. The molecule has 5 heteroatoms. The molecule has 2 aliphatic heterocycles. The summed E-state index contributed by atoms with van der Waals surface area (Å²) in [6, 6.07) is 0. The molecule has 1 atom stereocenters. The minimum atomic E-state index is -2.82. The number of nitrogens with one attached hydrogen (secondary N) is 1. The van der Waals surface area contributed by atoms with E-state index < -0.39 is 15.4 Å². The molecule has 12 heavy (non-hydrogen) atoms. The first-order chi connectivity index (χ1) is 5.62. The van der Waals surface area contributed by atoms with E-state index in [4.69, 9.17) is 4.74 Å². The highest BCUT2D eigenvalue weighted by Gasteiger charge is 2.44. The van der Waals surface area contributed by atoms with Gasteiger partial charge in [0.05, 0.1) is 23.7 Å². The van der Waals surface area contributed by atoms with Crippen molar-refractivity contribution in [3.05, 3.63) is 0 Å². The average molecular weight is 191 g/mol. The largest absolute Gasteiger partial charge is 0.371 e. The first-order valence-corrected chi connectivity index (χ1v) is 5.99. The molecule has 1 unspecified atom stereocenters. The maximum atomic E-state index is 11.2. The van der Waals surface area contributed by atoms with Gasteiger partial charge >= 0.3 is 0 Å². The van der Waals surface area contributed by atoms with E-state index in [0.29, 0.717) is 19.6 Å². The van der Waals surface area contributed by atoms with Gasteiger partial charge in [-0.3, -0.25) is 0 Å². The van der Waals surface area contributed by atoms with Gasteiger partial charge in [-0.1, -0.05) is 0 Å². The van der Waals surface area contributed by atoms with Crippen LogP contribution in [0.25, 0.3) is 0 Å². The van der Waals surface area contributed by atoms with Gasteiger partial charge in [0.2, 0.25) is 0 Å². The Bertz CT molecular complexity index is 266. The van der Waals surface area contributed by atoms with Gasteiger partial charge in [0, 0.05) is 13.1 Å². The number of rotatable bonds is 0. The second-order valence-corrected chi connectivity index (χ2v) is 5.73. The van der Waals surface area contributed by atoms with Crippen LogP contribution in [0.5, 0.6) is 0 Å². The SMILES string of the molecule is O=S1(=O)CCC2(CNCCO2)C1. The average Bonchev–Trinajstić information content (AvgIpc) is 2.29. The Labute approximate surface area is 72.2 Å². The van der Waals surface area contributed by atoms with Crippen LogP contribution >= 0.6 is 0 Å². The van der Waals surface area contributed by atoms with Gasteiger partial charge in [-0.05, 0) is 6.42 Å². The van der Waals surface area contributed by atoms with Crippen LogP contribution in [-0.4, -0.2) is 45.2 Å². The van der Waals surface area contributed by atoms with Crippen molar-refractivity contribution in [3.63, 3.8) is 0 Å². The summed E-state index contributed by atoms with van der Waals surface area (Å²) in [5, 5.41) is 3.17. The molecule has 0 aromatic rings. The van der Waals surface area contributed by atoms with Crippen molar-refractivity contribution >= 4 is 9.84 Å². The third-order valence-corrected chi connectivity index (χ3v) is 4.28. The zero-order valence-electron chi connectivity index (χ0n) is 6.88. The molecule has 2 heterocycles. The van der Waals surface area contributed by atoms with Crippen LogP contribution in [0, 0.1) is 0 Å². The Hall–Kier alpha value is -0.130. The van der Waals surface area contributed by atoms with Crippen molar-refractivity contribution in [1.29, 1.82) is 0 Å². The maximum Gasteiger partial charge on any atom is 0.153 e. The van der Waals surface area contributed by atoms with Crippen molar-refractivity contribution < 1.29 is 13.2 Å². The molecule has 0 bridgehead atoms. The highest BCUT2D eigenvalue weighted by molar-refractivity contribution is 7.91. The third kappa shape index (κ3) is 1.48. The van der Waals surface area contributed by atoms with E-state index >= 15 is 0 Å². The first-order valence-electron chi connectivity index (χ1n) is 4.17. The molecular formula is C7H13NO3S. The number of hydrogen-bond donors (Lipinski definition) is 1. The molecule has 0 radical (unpaired) electrons. The summed E-state index contributed by atoms with van der Waals surface area (Å²) in [5.41, 5.74) is -0.392. The summed E-state index contributed by atoms with van der Waals surface area (Å²) in [7, 11) is -2.82. The van der Waals surface area contributed by atoms with Gasteiger partial charge in [-0.15, -0.1) is 0 Å². The molecule has 2 aliphatic rings. The summed E-state index contributed by atoms with van der Waals surface area (Å²) < 4.78 is 27.9. The molecule has 2 fully saturated rings. The molecule has 4 nitrogen and oxygen atoms in total. The predicted molar refractivity (Wildman–Crippen MR) is 44.8 cm³/mol. The first kappa shape index (κ1) is 8.47. The normalized spacial score (nSPS) is 40.3. The van der Waals surface area contributed by atoms with Crippen LogP contribution in [0.2, 0.25) is 0 Å². The van der Waals surface area contributed by atoms with Crippen molar-refractivity contribution in [1.82, 2.24) is 5.32 Å². The minimum Gasteiger partial charge on any atom is -0.371 e. The zero-order chi connectivity index (χ0) is 8.66. The smallest absolute Gasteiger partial charge is 0.153 e. The van der Waals surface area contributed by atoms with E-state index in [9.17, 15) is 8.42 Å². The summed E-state index contributed by atoms with van der Waals surface area (Å²) in [5.74, 6) is 0.488. The van der Waals surface area contributed by atoms with E-state index in [-0.39, 0.29) is 11.5 Å². The molecule has 1 spiro atoms. The fraction of sp³-hybridized carbons (Fsp3) is 1.00. The molecule has 2 rings (SSSR count). The van der Waals surface area contributed by atoms with Crippen LogP contribution < -0.4 is 5.32 Å². The zero-order valence-corrected chi connectivity index (χ0v) is 7.69. The molecule has 0 aromatic heterocycles. The van der Waals surface area contributed by atoms with Gasteiger partial charge in [0.25, 0.3) is 0 Å². The van der Waals surface area contributed by atoms with Crippen LogP contribution in [0.3, 0.4) is 0 Å². The van der Waals surface area contributed by atoms with Crippen LogP contribution in [0.15, 0.2) is 0 Å². The lowest BCUT2D eigenvalue weighted by atomic mass is 10.0. The maximum absolute atomic E-state index is 11.2. The van der Waals surface area contributed by atoms with Crippen LogP contribution in [0.1, 0.15) is 6.42 Å². The van der Waals surface area contributed by atoms with Crippen molar-refractivity contribution in [3.8, 4) is 0 Å². The number of morpholine rings is 1. The summed E-state index contributed by atoms with van der Waals surface area (Å²) in [6.45, 7) is 2.16. The summed E-state index contributed by atoms with van der Waals surface area (Å²) in [6.07, 6.45) is 0.655. The van der Waals surface area contributed by atoms with Crippen LogP contribution in [0.4, 0.5) is 0 Å². The minimum absolute atomic E-state index is 0.201. The molecule has 2 saturated heterocycles. The van der Waals surface area contributed by atoms with E-state index in [2.05, 4.69) is 5.32 Å². The fourth-order valence-corrected chi connectivity index (χ4v) is 3.81. The highest BCUT2D eigenvalue weighted by atomic mass is 32.2. The summed E-state index contributed by atoms with van der Waals surface area (Å²) >= 11 is 0. The Balaban J connectivity index is 2.13. The molecular weight excluding hydrogens is 178 g/mol. The van der Waals surface area contributed by atoms with Gasteiger partial charge in [0.15, 0.2) is 9.84 Å². The van der Waals surface area contributed by atoms with Gasteiger partial charge in [-0.2, -0.15) is 0 Å². The monoisotopic (exact) mass is 191 g/mol. The third-order valence-electron chi connectivity index (χ3n) is 2.49. The van der Waals surface area contributed by atoms with Crippen LogP contribution in [-0.2, 0) is 14.6 Å². The Morgan fingerprint density at radius 1 is 1.42 bits per heavy atom. The number of ether oxygens (including phenoxy) is 1. The highest BCUT2D eigenvalue weighted by Crippen LogP contribution is 2.27. The van der Waals surface area contributed by atoms with E-state index in [1.165, 1.54) is 0 Å². The Morgan fingerprint density at radius 3 is 2.75 bits per heavy atom. The lowest BCUT2D eigenvalue weighted by Crippen LogP contribution is -2.50. The molecule has 70 valence electrons. The topological polar surface area (TPSA) is 55.4 Å².